The van der Waals surface area contributed by atoms with E-state index in [1.54, 1.807) is 12.1 Å². The maximum absolute atomic E-state index is 13.4. The lowest BCUT2D eigenvalue weighted by Crippen LogP contribution is -2.41. The van der Waals surface area contributed by atoms with Gasteiger partial charge in [0.15, 0.2) is 0 Å². The Morgan fingerprint density at radius 3 is 2.34 bits per heavy atom. The Labute approximate surface area is 185 Å². The molecule has 6 nitrogen and oxygen atoms in total. The van der Waals surface area contributed by atoms with Gasteiger partial charge < -0.3 is 4.90 Å². The predicted octanol–water partition coefficient (Wildman–Crippen LogP) is 3.37. The number of hydrazone groups is 1. The van der Waals surface area contributed by atoms with E-state index in [4.69, 9.17) is 0 Å². The average Bonchev–Trinajstić information content (AvgIpc) is 3.00. The first kappa shape index (κ1) is 20.4. The molecule has 4 rings (SSSR count). The third-order valence-electron chi connectivity index (χ3n) is 5.29. The molecule has 0 aliphatic carbocycles. The Morgan fingerprint density at radius 2 is 1.66 bits per heavy atom. The Hall–Kier alpha value is -1.91. The van der Waals surface area contributed by atoms with Crippen LogP contribution in [-0.4, -0.2) is 61.7 Å². The van der Waals surface area contributed by atoms with Gasteiger partial charge in [-0.25, -0.2) is 12.4 Å². The van der Waals surface area contributed by atoms with Gasteiger partial charge in [-0.2, -0.15) is 5.10 Å². The van der Waals surface area contributed by atoms with Crippen molar-refractivity contribution in [1.82, 2.24) is 13.9 Å². The van der Waals surface area contributed by atoms with Crippen LogP contribution in [0.3, 0.4) is 0 Å². The van der Waals surface area contributed by atoms with Gasteiger partial charge in [-0.3, -0.25) is 5.01 Å². The first-order valence-electron chi connectivity index (χ1n) is 9.46. The summed E-state index contributed by atoms with van der Waals surface area (Å²) < 4.78 is 29.3. The normalized spacial score (nSPS) is 16.2. The summed E-state index contributed by atoms with van der Waals surface area (Å²) in [5.74, 6) is 0. The number of hydrogen-bond acceptors (Lipinski definition) is 5. The number of hydrogen-bond donors (Lipinski definition) is 0. The van der Waals surface area contributed by atoms with Crippen LogP contribution in [0.4, 0.5) is 0 Å². The summed E-state index contributed by atoms with van der Waals surface area (Å²) in [5, 5.41) is 7.58. The molecule has 0 bridgehead atoms. The van der Waals surface area contributed by atoms with Crippen LogP contribution in [0.15, 0.2) is 58.5 Å². The number of aromatic nitrogens is 1. The number of piperazine rings is 1. The summed E-state index contributed by atoms with van der Waals surface area (Å²) in [6, 6.07) is 14.5. The van der Waals surface area contributed by atoms with Crippen molar-refractivity contribution in [1.29, 1.82) is 0 Å². The van der Waals surface area contributed by atoms with Crippen molar-refractivity contribution in [3.05, 3.63) is 63.4 Å². The zero-order valence-electron chi connectivity index (χ0n) is 16.4. The van der Waals surface area contributed by atoms with E-state index in [0.29, 0.717) is 11.2 Å². The fraction of sp³-hybridized carbons (Fsp3) is 0.286. The molecule has 0 spiro atoms. The maximum atomic E-state index is 13.4. The summed E-state index contributed by atoms with van der Waals surface area (Å²) in [6.07, 6.45) is 1.81. The lowest BCUT2D eigenvalue weighted by atomic mass is 10.1. The number of para-hydroxylation sites is 1. The summed E-state index contributed by atoms with van der Waals surface area (Å²) in [4.78, 5) is 2.56. The van der Waals surface area contributed by atoms with Gasteiger partial charge >= 0.3 is 0 Å². The largest absolute Gasteiger partial charge is 0.303 e. The smallest absolute Gasteiger partial charge is 0.268 e. The van der Waals surface area contributed by atoms with E-state index in [1.165, 1.54) is 3.97 Å². The molecule has 0 unspecified atom stereocenters. The summed E-state index contributed by atoms with van der Waals surface area (Å²) in [6.45, 7) is 5.52. The molecule has 1 fully saturated rings. The monoisotopic (exact) mass is 522 g/mol. The number of halogens is 1. The Bertz CT molecular complexity index is 1160. The molecule has 0 saturated carbocycles. The van der Waals surface area contributed by atoms with Crippen LogP contribution in [0, 0.1) is 10.5 Å². The van der Waals surface area contributed by atoms with Crippen LogP contribution in [0.5, 0.6) is 0 Å². The SMILES string of the molecule is Cc1c(/C=N/N2CCN(C)CC2)c2ccccc2n1S(=O)(=O)c1ccc(I)cc1. The number of benzene rings is 2. The highest BCUT2D eigenvalue weighted by Gasteiger charge is 2.24. The maximum Gasteiger partial charge on any atom is 0.268 e. The lowest BCUT2D eigenvalue weighted by molar-refractivity contribution is 0.159. The summed E-state index contributed by atoms with van der Waals surface area (Å²) >= 11 is 2.17. The first-order chi connectivity index (χ1) is 13.9. The standard InChI is InChI=1S/C21H23IN4O2S/c1-16-20(15-23-25-13-11-24(2)12-14-25)19-5-3-4-6-21(19)26(16)29(27,28)18-9-7-17(22)8-10-18/h3-10,15H,11-14H2,1-2H3/b23-15+. The van der Waals surface area contributed by atoms with Gasteiger partial charge in [-0.15, -0.1) is 0 Å². The van der Waals surface area contributed by atoms with Gasteiger partial charge in [0.2, 0.25) is 0 Å². The van der Waals surface area contributed by atoms with Crippen molar-refractivity contribution in [2.24, 2.45) is 5.10 Å². The minimum Gasteiger partial charge on any atom is -0.303 e. The van der Waals surface area contributed by atoms with E-state index in [1.807, 2.05) is 54.5 Å². The molecule has 152 valence electrons. The van der Waals surface area contributed by atoms with Gasteiger partial charge in [-0.05, 0) is 66.9 Å². The van der Waals surface area contributed by atoms with Crippen molar-refractivity contribution in [3.8, 4) is 0 Å². The molecule has 3 aromatic rings. The molecule has 1 aliphatic heterocycles. The third-order valence-corrected chi connectivity index (χ3v) is 7.83. The van der Waals surface area contributed by atoms with Crippen molar-refractivity contribution >= 4 is 49.7 Å². The Morgan fingerprint density at radius 1 is 1.00 bits per heavy atom. The van der Waals surface area contributed by atoms with E-state index in [-0.39, 0.29) is 4.90 Å². The fourth-order valence-corrected chi connectivity index (χ4v) is 5.53. The molecule has 2 heterocycles. The van der Waals surface area contributed by atoms with Crippen LogP contribution >= 0.6 is 22.6 Å². The minimum atomic E-state index is -3.71. The number of rotatable bonds is 4. The lowest BCUT2D eigenvalue weighted by Gasteiger charge is -2.30. The second-order valence-corrected chi connectivity index (χ2v) is 10.3. The first-order valence-corrected chi connectivity index (χ1v) is 12.0. The third kappa shape index (κ3) is 3.93. The van der Waals surface area contributed by atoms with Crippen molar-refractivity contribution in [2.75, 3.05) is 33.2 Å². The predicted molar refractivity (Wildman–Crippen MR) is 125 cm³/mol. The fourth-order valence-electron chi connectivity index (χ4n) is 3.60. The van der Waals surface area contributed by atoms with E-state index in [9.17, 15) is 8.42 Å². The minimum absolute atomic E-state index is 0.282. The second kappa shape index (κ2) is 8.08. The molecule has 29 heavy (non-hydrogen) atoms. The highest BCUT2D eigenvalue weighted by Crippen LogP contribution is 2.29. The van der Waals surface area contributed by atoms with Crippen molar-refractivity contribution in [3.63, 3.8) is 0 Å². The van der Waals surface area contributed by atoms with Crippen LogP contribution in [0.1, 0.15) is 11.3 Å². The van der Waals surface area contributed by atoms with E-state index < -0.39 is 10.0 Å². The molecule has 0 atom stereocenters. The number of likely N-dealkylation sites (N-methyl/N-ethyl adjacent to an activating group) is 1. The second-order valence-electron chi connectivity index (χ2n) is 7.24. The highest BCUT2D eigenvalue weighted by molar-refractivity contribution is 14.1. The number of nitrogens with zero attached hydrogens (tertiary/aromatic N) is 4. The average molecular weight is 522 g/mol. The summed E-state index contributed by atoms with van der Waals surface area (Å²) in [5.41, 5.74) is 2.18. The van der Waals surface area contributed by atoms with Gasteiger partial charge in [0.25, 0.3) is 10.0 Å². The van der Waals surface area contributed by atoms with Crippen LogP contribution in [0.25, 0.3) is 10.9 Å². The van der Waals surface area contributed by atoms with Crippen molar-refractivity contribution < 1.29 is 8.42 Å². The molecule has 1 aromatic heterocycles. The number of fused-ring (bicyclic) bond motifs is 1. The van der Waals surface area contributed by atoms with Crippen LogP contribution in [-0.2, 0) is 10.0 Å². The molecular weight excluding hydrogens is 499 g/mol. The molecule has 1 aliphatic rings. The van der Waals surface area contributed by atoms with Gasteiger partial charge in [-0.1, -0.05) is 18.2 Å². The molecule has 0 N–H and O–H groups in total. The molecular formula is C21H23IN4O2S. The highest BCUT2D eigenvalue weighted by atomic mass is 127. The molecule has 2 aromatic carbocycles. The van der Waals surface area contributed by atoms with Crippen LogP contribution < -0.4 is 0 Å². The Balaban J connectivity index is 1.80. The van der Waals surface area contributed by atoms with Crippen LogP contribution in [0.2, 0.25) is 0 Å². The van der Waals surface area contributed by atoms with Gasteiger partial charge in [0.1, 0.15) is 0 Å². The molecule has 0 radical (unpaired) electrons. The van der Waals surface area contributed by atoms with E-state index >= 15 is 0 Å². The topological polar surface area (TPSA) is 57.9 Å². The molecule has 0 amide bonds. The Kier molecular flexibility index (Phi) is 5.67. The quantitative estimate of drug-likeness (QED) is 0.390. The van der Waals surface area contributed by atoms with Gasteiger partial charge in [0.05, 0.1) is 16.6 Å². The van der Waals surface area contributed by atoms with Crippen molar-refractivity contribution in [2.45, 2.75) is 11.8 Å². The van der Waals surface area contributed by atoms with Gasteiger partial charge in [0, 0.05) is 46.4 Å². The van der Waals surface area contributed by atoms with E-state index in [2.05, 4.69) is 39.6 Å². The van der Waals surface area contributed by atoms with E-state index in [0.717, 1.165) is 40.7 Å². The zero-order valence-corrected chi connectivity index (χ0v) is 19.4. The summed E-state index contributed by atoms with van der Waals surface area (Å²) in [7, 11) is -1.61. The molecule has 8 heteroatoms. The molecule has 1 saturated heterocycles. The zero-order chi connectivity index (χ0) is 20.6.